The third-order valence-corrected chi connectivity index (χ3v) is 5.19. The monoisotopic (exact) mass is 387 g/mol. The van der Waals surface area contributed by atoms with Gasteiger partial charge in [0.05, 0.1) is 12.0 Å². The molecule has 1 fully saturated rings. The number of anilines is 1. The largest absolute Gasteiger partial charge is 0.416 e. The van der Waals surface area contributed by atoms with Gasteiger partial charge >= 0.3 is 6.18 Å². The van der Waals surface area contributed by atoms with E-state index < -0.39 is 11.7 Å². The Labute approximate surface area is 160 Å². The molecule has 2 heterocycles. The minimum Gasteiger partial charge on any atom is -0.368 e. The van der Waals surface area contributed by atoms with E-state index in [0.29, 0.717) is 38.3 Å². The molecule has 146 valence electrons. The van der Waals surface area contributed by atoms with Gasteiger partial charge < -0.3 is 14.8 Å². The molecule has 2 aromatic carbocycles. The maximum absolute atomic E-state index is 12.9. The Morgan fingerprint density at radius 2 is 1.75 bits per heavy atom. The molecule has 1 aliphatic heterocycles. The van der Waals surface area contributed by atoms with Crippen molar-refractivity contribution >= 4 is 22.5 Å². The van der Waals surface area contributed by atoms with E-state index in [4.69, 9.17) is 0 Å². The SMILES string of the molecule is O=C(Cc1c[nH]c2ccccc12)N1CCN(c2cccc(C(F)(F)F)c2)CC1. The molecule has 1 aliphatic rings. The van der Waals surface area contributed by atoms with E-state index in [2.05, 4.69) is 4.98 Å². The van der Waals surface area contributed by atoms with Crippen LogP contribution in [0.25, 0.3) is 10.9 Å². The van der Waals surface area contributed by atoms with Crippen LogP contribution in [-0.2, 0) is 17.4 Å². The van der Waals surface area contributed by atoms with Crippen molar-refractivity contribution in [2.24, 2.45) is 0 Å². The van der Waals surface area contributed by atoms with Gasteiger partial charge in [0.2, 0.25) is 5.91 Å². The summed E-state index contributed by atoms with van der Waals surface area (Å²) in [5, 5.41) is 1.04. The Kier molecular flexibility index (Phi) is 4.75. The van der Waals surface area contributed by atoms with Gasteiger partial charge in [-0.05, 0) is 29.8 Å². The lowest BCUT2D eigenvalue weighted by Crippen LogP contribution is -2.49. The van der Waals surface area contributed by atoms with E-state index in [0.717, 1.165) is 22.5 Å². The van der Waals surface area contributed by atoms with Crippen LogP contribution in [0.1, 0.15) is 11.1 Å². The van der Waals surface area contributed by atoms with Gasteiger partial charge in [0.25, 0.3) is 0 Å². The number of benzene rings is 2. The minimum absolute atomic E-state index is 0.0356. The number of nitrogens with zero attached hydrogens (tertiary/aromatic N) is 2. The zero-order valence-corrected chi connectivity index (χ0v) is 15.2. The predicted molar refractivity (Wildman–Crippen MR) is 102 cm³/mol. The van der Waals surface area contributed by atoms with Crippen molar-refractivity contribution in [2.45, 2.75) is 12.6 Å². The van der Waals surface area contributed by atoms with E-state index in [1.54, 1.807) is 11.0 Å². The van der Waals surface area contributed by atoms with Crippen LogP contribution in [0, 0.1) is 0 Å². The summed E-state index contributed by atoms with van der Waals surface area (Å²) in [7, 11) is 0. The maximum atomic E-state index is 12.9. The second-order valence-electron chi connectivity index (χ2n) is 6.95. The Hall–Kier alpha value is -2.96. The summed E-state index contributed by atoms with van der Waals surface area (Å²) < 4.78 is 38.8. The van der Waals surface area contributed by atoms with Gasteiger partial charge in [-0.1, -0.05) is 24.3 Å². The van der Waals surface area contributed by atoms with Crippen molar-refractivity contribution < 1.29 is 18.0 Å². The highest BCUT2D eigenvalue weighted by molar-refractivity contribution is 5.89. The van der Waals surface area contributed by atoms with Crippen LogP contribution in [-0.4, -0.2) is 42.0 Å². The predicted octanol–water partition coefficient (Wildman–Crippen LogP) is 4.08. The number of halogens is 3. The van der Waals surface area contributed by atoms with Gasteiger partial charge in [-0.2, -0.15) is 13.2 Å². The normalized spacial score (nSPS) is 15.2. The van der Waals surface area contributed by atoms with Gasteiger partial charge in [-0.25, -0.2) is 0 Å². The average Bonchev–Trinajstić information content (AvgIpc) is 3.10. The number of alkyl halides is 3. The number of amides is 1. The number of piperazine rings is 1. The number of carbonyl (C=O) groups is 1. The van der Waals surface area contributed by atoms with Crippen LogP contribution in [0.5, 0.6) is 0 Å². The van der Waals surface area contributed by atoms with Gasteiger partial charge in [-0.3, -0.25) is 4.79 Å². The maximum Gasteiger partial charge on any atom is 0.416 e. The summed E-state index contributed by atoms with van der Waals surface area (Å²) in [6.45, 7) is 2.02. The van der Waals surface area contributed by atoms with E-state index in [1.807, 2.05) is 35.4 Å². The number of aromatic nitrogens is 1. The molecular formula is C21H20F3N3O. The number of hydrogen-bond acceptors (Lipinski definition) is 2. The van der Waals surface area contributed by atoms with Crippen LogP contribution >= 0.6 is 0 Å². The van der Waals surface area contributed by atoms with Crippen molar-refractivity contribution in [1.82, 2.24) is 9.88 Å². The average molecular weight is 387 g/mol. The van der Waals surface area contributed by atoms with Gasteiger partial charge in [0.15, 0.2) is 0 Å². The molecule has 0 aliphatic carbocycles. The quantitative estimate of drug-likeness (QED) is 0.736. The zero-order chi connectivity index (χ0) is 19.7. The molecule has 0 atom stereocenters. The molecule has 1 amide bonds. The molecule has 1 aromatic heterocycles. The summed E-state index contributed by atoms with van der Waals surface area (Å²) in [5.74, 6) is 0.0356. The highest BCUT2D eigenvalue weighted by Crippen LogP contribution is 2.32. The van der Waals surface area contributed by atoms with Gasteiger partial charge in [0.1, 0.15) is 0 Å². The standard InChI is InChI=1S/C21H20F3N3O/c22-21(23,24)16-4-3-5-17(13-16)26-8-10-27(11-9-26)20(28)12-15-14-25-19-7-2-1-6-18(15)19/h1-7,13-14,25H,8-12H2. The molecule has 0 radical (unpaired) electrons. The molecule has 0 bridgehead atoms. The van der Waals surface area contributed by atoms with E-state index in [1.165, 1.54) is 12.1 Å². The van der Waals surface area contributed by atoms with Crippen molar-refractivity contribution in [1.29, 1.82) is 0 Å². The Bertz CT molecular complexity index is 988. The third kappa shape index (κ3) is 3.69. The number of para-hydroxylation sites is 1. The van der Waals surface area contributed by atoms with E-state index in [9.17, 15) is 18.0 Å². The first kappa shape index (κ1) is 18.4. The lowest BCUT2D eigenvalue weighted by molar-refractivity contribution is -0.137. The Balaban J connectivity index is 1.39. The second-order valence-corrected chi connectivity index (χ2v) is 6.95. The van der Waals surface area contributed by atoms with Crippen LogP contribution in [0.3, 0.4) is 0 Å². The second kappa shape index (κ2) is 7.22. The smallest absolute Gasteiger partial charge is 0.368 e. The van der Waals surface area contributed by atoms with Gasteiger partial charge in [-0.15, -0.1) is 0 Å². The van der Waals surface area contributed by atoms with Crippen LogP contribution in [0.2, 0.25) is 0 Å². The lowest BCUT2D eigenvalue weighted by atomic mass is 10.1. The minimum atomic E-state index is -4.35. The fourth-order valence-electron chi connectivity index (χ4n) is 3.65. The first-order valence-corrected chi connectivity index (χ1v) is 9.17. The van der Waals surface area contributed by atoms with Crippen molar-refractivity contribution in [3.63, 3.8) is 0 Å². The van der Waals surface area contributed by atoms with Gasteiger partial charge in [0, 0.05) is 49.0 Å². The molecule has 28 heavy (non-hydrogen) atoms. The van der Waals surface area contributed by atoms with Crippen LogP contribution < -0.4 is 4.90 Å². The molecule has 7 heteroatoms. The molecular weight excluding hydrogens is 367 g/mol. The molecule has 3 aromatic rings. The number of hydrogen-bond donors (Lipinski definition) is 1. The first-order valence-electron chi connectivity index (χ1n) is 9.17. The molecule has 1 N–H and O–H groups in total. The molecule has 0 saturated carbocycles. The van der Waals surface area contributed by atoms with Crippen LogP contribution in [0.4, 0.5) is 18.9 Å². The summed E-state index contributed by atoms with van der Waals surface area (Å²) >= 11 is 0. The highest BCUT2D eigenvalue weighted by Gasteiger charge is 2.31. The van der Waals surface area contributed by atoms with Crippen LogP contribution in [0.15, 0.2) is 54.7 Å². The fraction of sp³-hybridized carbons (Fsp3) is 0.286. The lowest BCUT2D eigenvalue weighted by Gasteiger charge is -2.36. The number of aromatic amines is 1. The summed E-state index contributed by atoms with van der Waals surface area (Å²) in [6, 6.07) is 13.2. The topological polar surface area (TPSA) is 39.3 Å². The van der Waals surface area contributed by atoms with Crippen molar-refractivity contribution in [3.05, 3.63) is 65.9 Å². The summed E-state index contributed by atoms with van der Waals surface area (Å²) in [5.41, 5.74) is 1.85. The van der Waals surface area contributed by atoms with E-state index >= 15 is 0 Å². The Morgan fingerprint density at radius 3 is 2.50 bits per heavy atom. The molecule has 4 rings (SSSR count). The molecule has 4 nitrogen and oxygen atoms in total. The molecule has 0 unspecified atom stereocenters. The fourth-order valence-corrected chi connectivity index (χ4v) is 3.65. The zero-order valence-electron chi connectivity index (χ0n) is 15.2. The number of H-pyrrole nitrogens is 1. The number of rotatable bonds is 3. The first-order chi connectivity index (χ1) is 13.4. The molecule has 0 spiro atoms. The summed E-state index contributed by atoms with van der Waals surface area (Å²) in [6.07, 6.45) is -2.18. The molecule has 1 saturated heterocycles. The third-order valence-electron chi connectivity index (χ3n) is 5.19. The van der Waals surface area contributed by atoms with E-state index in [-0.39, 0.29) is 5.91 Å². The number of fused-ring (bicyclic) bond motifs is 1. The Morgan fingerprint density at radius 1 is 1.00 bits per heavy atom. The van der Waals surface area contributed by atoms with Crippen molar-refractivity contribution in [2.75, 3.05) is 31.1 Å². The number of carbonyl (C=O) groups excluding carboxylic acids is 1. The highest BCUT2D eigenvalue weighted by atomic mass is 19.4. The number of nitrogens with one attached hydrogen (secondary N) is 1. The summed E-state index contributed by atoms with van der Waals surface area (Å²) in [4.78, 5) is 19.5. The van der Waals surface area contributed by atoms with Crippen molar-refractivity contribution in [3.8, 4) is 0 Å².